The highest BCUT2D eigenvalue weighted by molar-refractivity contribution is 6.04. The monoisotopic (exact) mass is 290 g/mol. The smallest absolute Gasteiger partial charge is 0.336 e. The number of amides is 1. The van der Waals surface area contributed by atoms with Crippen LogP contribution in [0.5, 0.6) is 0 Å². The number of carbonyl (C=O) groups excluding carboxylic acids is 1. The average Bonchev–Trinajstić information content (AvgIpc) is 2.97. The topological polar surface area (TPSA) is 69.6 Å². The fraction of sp³-hybridized carbons (Fsp3) is 0.500. The Balaban J connectivity index is 1.88. The number of hydrogen-bond donors (Lipinski definition) is 2. The molecule has 21 heavy (non-hydrogen) atoms. The van der Waals surface area contributed by atoms with Crippen LogP contribution in [0, 0.1) is 5.92 Å². The van der Waals surface area contributed by atoms with E-state index < -0.39 is 5.97 Å². The van der Waals surface area contributed by atoms with Crippen LogP contribution < -0.4 is 5.32 Å². The Bertz CT molecular complexity index is 510. The Labute approximate surface area is 125 Å². The van der Waals surface area contributed by atoms with E-state index in [1.165, 1.54) is 18.9 Å². The number of hydrogen-bond acceptors (Lipinski definition) is 3. The molecule has 1 aromatic carbocycles. The van der Waals surface area contributed by atoms with E-state index in [0.29, 0.717) is 12.5 Å². The fourth-order valence-corrected chi connectivity index (χ4v) is 2.70. The van der Waals surface area contributed by atoms with Crippen molar-refractivity contribution in [2.24, 2.45) is 5.92 Å². The van der Waals surface area contributed by atoms with Crippen LogP contribution in [0.3, 0.4) is 0 Å². The number of nitrogens with zero attached hydrogens (tertiary/aromatic N) is 1. The number of carboxylic acid groups (broad SMARTS) is 1. The van der Waals surface area contributed by atoms with E-state index in [9.17, 15) is 9.59 Å². The molecular formula is C16H22N2O3. The molecule has 5 heteroatoms. The zero-order valence-electron chi connectivity index (χ0n) is 12.3. The van der Waals surface area contributed by atoms with Gasteiger partial charge in [0.1, 0.15) is 0 Å². The summed E-state index contributed by atoms with van der Waals surface area (Å²) >= 11 is 0. The van der Waals surface area contributed by atoms with E-state index in [4.69, 9.17) is 5.11 Å². The normalized spacial score (nSPS) is 16.6. The second-order valence-electron chi connectivity index (χ2n) is 5.67. The highest BCUT2D eigenvalue weighted by Gasteiger charge is 2.18. The summed E-state index contributed by atoms with van der Waals surface area (Å²) in [5.41, 5.74) is 0.264. The SMILES string of the molecule is CC(CNC(=O)c1ccccc1C(=O)O)CN1CCCC1. The van der Waals surface area contributed by atoms with Crippen molar-refractivity contribution in [3.05, 3.63) is 35.4 Å². The molecule has 1 aliphatic heterocycles. The number of benzene rings is 1. The second kappa shape index (κ2) is 7.22. The van der Waals surface area contributed by atoms with Crippen molar-refractivity contribution in [3.8, 4) is 0 Å². The minimum Gasteiger partial charge on any atom is -0.478 e. The van der Waals surface area contributed by atoms with Gasteiger partial charge in [-0.2, -0.15) is 0 Å². The van der Waals surface area contributed by atoms with Crippen molar-refractivity contribution in [1.29, 1.82) is 0 Å². The number of rotatable bonds is 6. The first-order valence-corrected chi connectivity index (χ1v) is 7.41. The number of likely N-dealkylation sites (tertiary alicyclic amines) is 1. The van der Waals surface area contributed by atoms with Crippen molar-refractivity contribution in [1.82, 2.24) is 10.2 Å². The van der Waals surface area contributed by atoms with Crippen LogP contribution in [-0.4, -0.2) is 48.1 Å². The average molecular weight is 290 g/mol. The Morgan fingerprint density at radius 1 is 1.24 bits per heavy atom. The van der Waals surface area contributed by atoms with Gasteiger partial charge in [0.05, 0.1) is 11.1 Å². The van der Waals surface area contributed by atoms with Gasteiger partial charge in [0, 0.05) is 13.1 Å². The first-order chi connectivity index (χ1) is 10.1. The molecule has 1 atom stereocenters. The molecular weight excluding hydrogens is 268 g/mol. The van der Waals surface area contributed by atoms with E-state index in [2.05, 4.69) is 17.1 Å². The molecule has 1 fully saturated rings. The first-order valence-electron chi connectivity index (χ1n) is 7.41. The molecule has 0 aromatic heterocycles. The lowest BCUT2D eigenvalue weighted by Crippen LogP contribution is -2.35. The Hall–Kier alpha value is -1.88. The second-order valence-corrected chi connectivity index (χ2v) is 5.67. The van der Waals surface area contributed by atoms with Crippen LogP contribution in [0.2, 0.25) is 0 Å². The zero-order chi connectivity index (χ0) is 15.2. The summed E-state index contributed by atoms with van der Waals surface area (Å²) in [4.78, 5) is 25.6. The largest absolute Gasteiger partial charge is 0.478 e. The fourth-order valence-electron chi connectivity index (χ4n) is 2.70. The quantitative estimate of drug-likeness (QED) is 0.839. The van der Waals surface area contributed by atoms with Crippen LogP contribution >= 0.6 is 0 Å². The van der Waals surface area contributed by atoms with Crippen molar-refractivity contribution < 1.29 is 14.7 Å². The van der Waals surface area contributed by atoms with E-state index in [0.717, 1.165) is 19.6 Å². The highest BCUT2D eigenvalue weighted by atomic mass is 16.4. The molecule has 1 aromatic rings. The third-order valence-corrected chi connectivity index (χ3v) is 3.78. The molecule has 0 bridgehead atoms. The Morgan fingerprint density at radius 3 is 2.48 bits per heavy atom. The highest BCUT2D eigenvalue weighted by Crippen LogP contribution is 2.11. The molecule has 1 unspecified atom stereocenters. The number of nitrogens with one attached hydrogen (secondary N) is 1. The Kier molecular flexibility index (Phi) is 5.33. The van der Waals surface area contributed by atoms with Gasteiger partial charge in [0.15, 0.2) is 0 Å². The maximum Gasteiger partial charge on any atom is 0.336 e. The van der Waals surface area contributed by atoms with Gasteiger partial charge in [-0.25, -0.2) is 4.79 Å². The Morgan fingerprint density at radius 2 is 1.86 bits per heavy atom. The van der Waals surface area contributed by atoms with Gasteiger partial charge in [0.2, 0.25) is 0 Å². The molecule has 2 rings (SSSR count). The zero-order valence-corrected chi connectivity index (χ0v) is 12.3. The summed E-state index contributed by atoms with van der Waals surface area (Å²) in [6.45, 7) is 5.91. The van der Waals surface area contributed by atoms with Gasteiger partial charge in [-0.15, -0.1) is 0 Å². The molecule has 1 heterocycles. The molecule has 0 saturated carbocycles. The number of aromatic carboxylic acids is 1. The summed E-state index contributed by atoms with van der Waals surface area (Å²) < 4.78 is 0. The lowest BCUT2D eigenvalue weighted by molar-refractivity contribution is 0.0691. The summed E-state index contributed by atoms with van der Waals surface area (Å²) in [5, 5.41) is 11.9. The predicted octanol–water partition coefficient (Wildman–Crippen LogP) is 1.85. The molecule has 1 aliphatic rings. The van der Waals surface area contributed by atoms with E-state index in [1.54, 1.807) is 18.2 Å². The van der Waals surface area contributed by atoms with Crippen LogP contribution in [0.1, 0.15) is 40.5 Å². The van der Waals surface area contributed by atoms with Gasteiger partial charge >= 0.3 is 5.97 Å². The molecule has 114 valence electrons. The van der Waals surface area contributed by atoms with Gasteiger partial charge in [-0.3, -0.25) is 4.79 Å². The molecule has 5 nitrogen and oxygen atoms in total. The van der Waals surface area contributed by atoms with Crippen LogP contribution in [0.25, 0.3) is 0 Å². The molecule has 0 radical (unpaired) electrons. The molecule has 0 aliphatic carbocycles. The molecule has 1 amide bonds. The van der Waals surface area contributed by atoms with Gasteiger partial charge in [-0.1, -0.05) is 19.1 Å². The third-order valence-electron chi connectivity index (χ3n) is 3.78. The van der Waals surface area contributed by atoms with Crippen molar-refractivity contribution >= 4 is 11.9 Å². The van der Waals surface area contributed by atoms with Crippen molar-refractivity contribution in [2.75, 3.05) is 26.2 Å². The standard InChI is InChI=1S/C16H22N2O3/c1-12(11-18-8-4-5-9-18)10-17-15(19)13-6-2-3-7-14(13)16(20)21/h2-3,6-7,12H,4-5,8-11H2,1H3,(H,17,19)(H,20,21). The van der Waals surface area contributed by atoms with Gasteiger partial charge in [0.25, 0.3) is 5.91 Å². The minimum atomic E-state index is -1.08. The molecule has 2 N–H and O–H groups in total. The maximum absolute atomic E-state index is 12.1. The third kappa shape index (κ3) is 4.29. The van der Waals surface area contributed by atoms with Crippen molar-refractivity contribution in [2.45, 2.75) is 19.8 Å². The van der Waals surface area contributed by atoms with E-state index >= 15 is 0 Å². The van der Waals surface area contributed by atoms with E-state index in [1.807, 2.05) is 0 Å². The number of carbonyl (C=O) groups is 2. The number of carboxylic acids is 1. The van der Waals surface area contributed by atoms with Gasteiger partial charge < -0.3 is 15.3 Å². The molecule has 1 saturated heterocycles. The van der Waals surface area contributed by atoms with Crippen LogP contribution in [0.4, 0.5) is 0 Å². The lowest BCUT2D eigenvalue weighted by atomic mass is 10.1. The van der Waals surface area contributed by atoms with Crippen molar-refractivity contribution in [3.63, 3.8) is 0 Å². The van der Waals surface area contributed by atoms with Crippen LogP contribution in [-0.2, 0) is 0 Å². The van der Waals surface area contributed by atoms with E-state index in [-0.39, 0.29) is 17.0 Å². The summed E-state index contributed by atoms with van der Waals surface area (Å²) in [6, 6.07) is 6.29. The predicted molar refractivity (Wildman–Crippen MR) is 80.6 cm³/mol. The van der Waals surface area contributed by atoms with Crippen LogP contribution in [0.15, 0.2) is 24.3 Å². The first kappa shape index (κ1) is 15.5. The summed E-state index contributed by atoms with van der Waals surface area (Å²) in [5.74, 6) is -1.05. The molecule has 0 spiro atoms. The minimum absolute atomic E-state index is 0.0437. The maximum atomic E-state index is 12.1. The summed E-state index contributed by atoms with van der Waals surface area (Å²) in [7, 11) is 0. The lowest BCUT2D eigenvalue weighted by Gasteiger charge is -2.20. The summed E-state index contributed by atoms with van der Waals surface area (Å²) in [6.07, 6.45) is 2.51. The van der Waals surface area contributed by atoms with Gasteiger partial charge in [-0.05, 0) is 44.0 Å².